The summed E-state index contributed by atoms with van der Waals surface area (Å²) in [5, 5.41) is 10.3. The molecule has 10 heterocycles. The highest BCUT2D eigenvalue weighted by atomic mass is 35.5. The number of esters is 1. The van der Waals surface area contributed by atoms with E-state index in [1.165, 1.54) is 76.0 Å². The van der Waals surface area contributed by atoms with Crippen LogP contribution in [0.5, 0.6) is 0 Å². The molecule has 0 spiro atoms. The predicted octanol–water partition coefficient (Wildman–Crippen LogP) is 3.14. The number of rotatable bonds is 14. The van der Waals surface area contributed by atoms with Crippen molar-refractivity contribution in [3.8, 4) is 21.1 Å². The number of amides is 2. The van der Waals surface area contributed by atoms with Crippen LogP contribution in [0.4, 0.5) is 23.5 Å². The first-order valence-electron chi connectivity index (χ1n) is 24.7. The Labute approximate surface area is 462 Å². The highest BCUT2D eigenvalue weighted by Gasteiger charge is 2.46. The SMILES string of the molecule is C.COC(=O)Cn1c(=O)c2c(ncn2[C@@H](C)C(=O)Nc2csc(-c3cnc(N4CC5CC5C4)nc3)n2)n(C)c1=O.COCCCl.C[C@@H](C(=O)Nc1csc(-c2cnc(N3CC4CC4C3)nc2)n1)n1cnc2c1c(=O)[nH]c(=O)n2C. The fourth-order valence-corrected chi connectivity index (χ4v) is 11.0. The molecule has 79 heavy (non-hydrogen) atoms. The summed E-state index contributed by atoms with van der Waals surface area (Å²) in [6.45, 7) is 7.41. The largest absolute Gasteiger partial charge is 0.468 e. The summed E-state index contributed by atoms with van der Waals surface area (Å²) in [6.07, 6.45) is 12.3. The number of anilines is 4. The Morgan fingerprint density at radius 3 is 1.59 bits per heavy atom. The van der Waals surface area contributed by atoms with Gasteiger partial charge in [0.2, 0.25) is 23.7 Å². The van der Waals surface area contributed by atoms with Gasteiger partial charge in [0.05, 0.1) is 26.4 Å². The van der Waals surface area contributed by atoms with Crippen molar-refractivity contribution in [1.82, 2.24) is 67.7 Å². The third-order valence-electron chi connectivity index (χ3n) is 14.1. The van der Waals surface area contributed by atoms with E-state index >= 15 is 0 Å². The first kappa shape index (κ1) is 55.7. The minimum atomic E-state index is -0.883. The van der Waals surface area contributed by atoms with Gasteiger partial charge < -0.3 is 39.0 Å². The van der Waals surface area contributed by atoms with Crippen molar-refractivity contribution in [2.24, 2.45) is 37.8 Å². The van der Waals surface area contributed by atoms with Crippen LogP contribution in [0.1, 0.15) is 46.2 Å². The minimum absolute atomic E-state index is 0. The first-order chi connectivity index (χ1) is 37.5. The Kier molecular flexibility index (Phi) is 16.3. The number of fused-ring (bicyclic) bond motifs is 4. The van der Waals surface area contributed by atoms with Crippen molar-refractivity contribution in [2.45, 2.75) is 52.7 Å². The Morgan fingerprint density at radius 2 is 1.16 bits per heavy atom. The summed E-state index contributed by atoms with van der Waals surface area (Å²) < 4.78 is 15.1. The van der Waals surface area contributed by atoms with Crippen LogP contribution in [-0.2, 0) is 44.5 Å². The van der Waals surface area contributed by atoms with Crippen molar-refractivity contribution in [1.29, 1.82) is 0 Å². The van der Waals surface area contributed by atoms with E-state index in [1.54, 1.807) is 56.5 Å². The number of alkyl halides is 1. The van der Waals surface area contributed by atoms with E-state index in [9.17, 15) is 33.6 Å². The first-order valence-corrected chi connectivity index (χ1v) is 27.0. The fraction of sp³-hybridized carbons (Fsp3) is 0.449. The molecule has 8 aromatic heterocycles. The maximum absolute atomic E-state index is 13.1. The smallest absolute Gasteiger partial charge is 0.333 e. The summed E-state index contributed by atoms with van der Waals surface area (Å²) in [6, 6.07) is -1.64. The van der Waals surface area contributed by atoms with Crippen molar-refractivity contribution < 1.29 is 23.9 Å². The molecule has 0 bridgehead atoms. The van der Waals surface area contributed by atoms with E-state index < -0.39 is 53.0 Å². The zero-order valence-electron chi connectivity index (χ0n) is 43.0. The monoisotopic (exact) mass is 1140 g/mol. The highest BCUT2D eigenvalue weighted by molar-refractivity contribution is 7.13. The number of carbonyl (C=O) groups excluding carboxylic acids is 3. The fourth-order valence-electron chi connectivity index (χ4n) is 9.39. The lowest BCUT2D eigenvalue weighted by atomic mass is 10.3. The van der Waals surface area contributed by atoms with Gasteiger partial charge in [0.25, 0.3) is 11.1 Å². The summed E-state index contributed by atoms with van der Waals surface area (Å²) >= 11 is 7.90. The number of methoxy groups -OCH3 is 2. The highest BCUT2D eigenvalue weighted by Crippen LogP contribution is 2.46. The van der Waals surface area contributed by atoms with Crippen molar-refractivity contribution in [2.75, 3.05) is 73.3 Å². The molecule has 3 N–H and O–H groups in total. The summed E-state index contributed by atoms with van der Waals surface area (Å²) in [7, 11) is 5.72. The number of piperidine rings is 2. The van der Waals surface area contributed by atoms with Crippen molar-refractivity contribution in [3.05, 3.63) is 89.9 Å². The molecule has 2 aliphatic heterocycles. The topological polar surface area (TPSA) is 312 Å². The number of aryl methyl sites for hydroxylation is 2. The lowest BCUT2D eigenvalue weighted by molar-refractivity contribution is -0.141. The van der Waals surface area contributed by atoms with E-state index in [0.717, 1.165) is 89.1 Å². The van der Waals surface area contributed by atoms with Crippen LogP contribution in [0.3, 0.4) is 0 Å². The molecule has 0 aromatic carbocycles. The van der Waals surface area contributed by atoms with Crippen LogP contribution in [0.15, 0.2) is 67.4 Å². The minimum Gasteiger partial charge on any atom is -0.468 e. The number of aromatic amines is 1. The molecule has 6 atom stereocenters. The number of ether oxygens (including phenoxy) is 2. The lowest BCUT2D eigenvalue weighted by Gasteiger charge is -2.17. The molecule has 27 nitrogen and oxygen atoms in total. The van der Waals surface area contributed by atoms with Crippen LogP contribution < -0.4 is 42.9 Å². The second kappa shape index (κ2) is 23.1. The molecular formula is C49H57ClN18O9S2. The average molecular weight is 1140 g/mol. The average Bonchev–Trinajstić information content (AvgIpc) is 4.21. The van der Waals surface area contributed by atoms with Crippen LogP contribution in [-0.4, -0.2) is 138 Å². The summed E-state index contributed by atoms with van der Waals surface area (Å²) in [4.78, 5) is 130. The number of imidazole rings is 2. The van der Waals surface area contributed by atoms with Crippen molar-refractivity contribution >= 4 is 97.9 Å². The van der Waals surface area contributed by atoms with Crippen LogP contribution in [0.25, 0.3) is 43.5 Å². The van der Waals surface area contributed by atoms with E-state index in [0.29, 0.717) is 34.1 Å². The molecule has 2 saturated carbocycles. The molecule has 2 aliphatic carbocycles. The van der Waals surface area contributed by atoms with Crippen LogP contribution in [0.2, 0.25) is 0 Å². The number of halogens is 1. The van der Waals surface area contributed by atoms with E-state index in [2.05, 4.69) is 74.8 Å². The number of nitrogens with one attached hydrogen (secondary N) is 3. The number of nitrogens with zero attached hydrogens (tertiary/aromatic N) is 15. The zero-order valence-corrected chi connectivity index (χ0v) is 45.4. The van der Waals surface area contributed by atoms with Gasteiger partial charge in [-0.15, -0.1) is 34.3 Å². The van der Waals surface area contributed by atoms with Gasteiger partial charge in [-0.1, -0.05) is 7.43 Å². The Hall–Kier alpha value is -8.02. The maximum Gasteiger partial charge on any atom is 0.333 e. The Morgan fingerprint density at radius 1 is 0.709 bits per heavy atom. The van der Waals surface area contributed by atoms with Gasteiger partial charge in [-0.2, -0.15) is 0 Å². The predicted molar refractivity (Wildman–Crippen MR) is 297 cm³/mol. The molecule has 2 saturated heterocycles. The van der Waals surface area contributed by atoms with Gasteiger partial charge in [0.1, 0.15) is 40.3 Å². The molecule has 30 heteroatoms. The van der Waals surface area contributed by atoms with Gasteiger partial charge in [0.15, 0.2) is 22.3 Å². The van der Waals surface area contributed by atoms with E-state index in [-0.39, 0.29) is 35.7 Å². The molecule has 2 amide bonds. The molecular weight excluding hydrogens is 1080 g/mol. The van der Waals surface area contributed by atoms with E-state index in [1.807, 2.05) is 0 Å². The number of aromatic nitrogens is 14. The van der Waals surface area contributed by atoms with Gasteiger partial charge in [-0.05, 0) is 50.4 Å². The molecule has 4 fully saturated rings. The van der Waals surface area contributed by atoms with Gasteiger partial charge in [0, 0.05) is 99.9 Å². The Bertz CT molecular complexity index is 3790. The van der Waals surface area contributed by atoms with E-state index in [4.69, 9.17) is 11.6 Å². The number of hydrogen-bond acceptors (Lipinski definition) is 21. The molecule has 4 aliphatic rings. The summed E-state index contributed by atoms with van der Waals surface area (Å²) in [5.74, 6) is 4.41. The number of H-pyrrole nitrogens is 1. The van der Waals surface area contributed by atoms with Crippen LogP contribution in [0, 0.1) is 23.7 Å². The van der Waals surface area contributed by atoms with Gasteiger partial charge >= 0.3 is 17.3 Å². The van der Waals surface area contributed by atoms with Gasteiger partial charge in [-0.3, -0.25) is 38.1 Å². The lowest BCUT2D eigenvalue weighted by Crippen LogP contribution is -2.42. The molecule has 12 rings (SSSR count). The molecule has 416 valence electrons. The van der Waals surface area contributed by atoms with Crippen molar-refractivity contribution in [3.63, 3.8) is 0 Å². The quantitative estimate of drug-likeness (QED) is 0.104. The Balaban J connectivity index is 0.000000176. The number of hydrogen-bond donors (Lipinski definition) is 3. The number of thiazole rings is 2. The normalized spacial score (nSPS) is 18.3. The molecule has 4 unspecified atom stereocenters. The number of carbonyl (C=O) groups is 3. The second-order valence-electron chi connectivity index (χ2n) is 19.2. The maximum atomic E-state index is 13.1. The molecule has 0 radical (unpaired) electrons. The third kappa shape index (κ3) is 11.5. The second-order valence-corrected chi connectivity index (χ2v) is 21.3. The standard InChI is InChI=1S/C24H25N9O5S.C21H21N9O3S.C3H7ClO.CH4/c1-12(33-11-27-19-18(33)22(36)32(9-17(34)38-3)24(37)30(19)2)20(35)28-16-10-39-21(29-16)15-5-25-23(26-6-15)31-7-13-4-14(13)8-31;1-10(30-9-24-16-15(30)18(32)27-21(33)28(16)2)17(31)25-14-8-34-19(26-14)13-4-22-20(23-5-13)29-6-11-3-12(11)7-29;1-5-3-2-4;/h5-6,10-14H,4,7-9H2,1-3H3,(H,28,35);4-5,8-12H,3,6-7H2,1-2H3,(H,25,31)(H,27,32,33);2-3H2,1H3;1H4/t12-,13?,14?;10-,11?,12?;;/m00../s1. The third-order valence-corrected chi connectivity index (χ3v) is 16.0. The van der Waals surface area contributed by atoms with Gasteiger partial charge in [-0.25, -0.2) is 54.0 Å². The summed E-state index contributed by atoms with van der Waals surface area (Å²) in [5.41, 5.74) is -0.648. The molecule has 8 aromatic rings. The zero-order chi connectivity index (χ0) is 55.1. The van der Waals surface area contributed by atoms with Crippen LogP contribution >= 0.6 is 34.3 Å².